The molecule has 0 radical (unpaired) electrons. The van der Waals surface area contributed by atoms with Crippen LogP contribution in [0.2, 0.25) is 0 Å². The predicted molar refractivity (Wildman–Crippen MR) is 68.9 cm³/mol. The van der Waals surface area contributed by atoms with E-state index in [9.17, 15) is 0 Å². The summed E-state index contributed by atoms with van der Waals surface area (Å²) in [6.07, 6.45) is 3.21. The zero-order valence-electron chi connectivity index (χ0n) is 9.70. The van der Waals surface area contributed by atoms with Crippen LogP contribution in [-0.4, -0.2) is 24.3 Å². The Morgan fingerprint density at radius 3 is 2.88 bits per heavy atom. The molecule has 0 bridgehead atoms. The molecule has 88 valence electrons. The van der Waals surface area contributed by atoms with Gasteiger partial charge in [-0.3, -0.25) is 5.41 Å². The molecule has 0 unspecified atom stereocenters. The normalized spacial score (nSPS) is 17.6. The van der Waals surface area contributed by atoms with Crippen molar-refractivity contribution in [2.75, 3.05) is 13.6 Å². The van der Waals surface area contributed by atoms with Gasteiger partial charge >= 0.3 is 0 Å². The Bertz CT molecular complexity index is 354. The van der Waals surface area contributed by atoms with Crippen molar-refractivity contribution < 1.29 is 0 Å². The first-order valence-corrected chi connectivity index (χ1v) is 6.56. The predicted octanol–water partition coefficient (Wildman–Crippen LogP) is 2.29. The summed E-state index contributed by atoms with van der Waals surface area (Å²) in [7, 11) is 2.15. The maximum Gasteiger partial charge on any atom is 0.0911 e. The lowest BCUT2D eigenvalue weighted by Gasteiger charge is -2.22. The van der Waals surface area contributed by atoms with Crippen LogP contribution in [0, 0.1) is 10.8 Å². The minimum atomic E-state index is 0.316. The van der Waals surface area contributed by atoms with E-state index in [0.29, 0.717) is 11.3 Å². The highest BCUT2D eigenvalue weighted by atomic mass is 32.1. The Balaban J connectivity index is 1.83. The molecule has 1 aliphatic carbocycles. The van der Waals surface area contributed by atoms with E-state index in [1.165, 1.54) is 18.4 Å². The highest BCUT2D eigenvalue weighted by molar-refractivity contribution is 7.07. The van der Waals surface area contributed by atoms with Gasteiger partial charge in [0.15, 0.2) is 0 Å². The minimum Gasteiger partial charge on any atom is -0.388 e. The molecule has 0 saturated heterocycles. The van der Waals surface area contributed by atoms with Crippen molar-refractivity contribution in [3.05, 3.63) is 22.4 Å². The van der Waals surface area contributed by atoms with E-state index in [2.05, 4.69) is 28.8 Å². The summed E-state index contributed by atoms with van der Waals surface area (Å²) < 4.78 is 0. The summed E-state index contributed by atoms with van der Waals surface area (Å²) >= 11 is 1.75. The lowest BCUT2D eigenvalue weighted by atomic mass is 10.0. The fraction of sp³-hybridized carbons (Fsp3) is 0.583. The van der Waals surface area contributed by atoms with Crippen molar-refractivity contribution in [1.82, 2.24) is 4.90 Å². The van der Waals surface area contributed by atoms with E-state index >= 15 is 0 Å². The van der Waals surface area contributed by atoms with E-state index in [0.717, 1.165) is 19.5 Å². The third-order valence-electron chi connectivity index (χ3n) is 3.16. The summed E-state index contributed by atoms with van der Waals surface area (Å²) in [5.74, 6) is 0.335. The number of nitrogens with one attached hydrogen (secondary N) is 1. The van der Waals surface area contributed by atoms with Crippen molar-refractivity contribution >= 4 is 17.2 Å². The number of nitrogens with two attached hydrogens (primary N) is 1. The molecule has 3 N–H and O–H groups in total. The van der Waals surface area contributed by atoms with Gasteiger partial charge in [-0.05, 0) is 47.7 Å². The van der Waals surface area contributed by atoms with Crippen LogP contribution in [0.4, 0.5) is 0 Å². The molecule has 0 aliphatic heterocycles. The molecule has 0 spiro atoms. The molecule has 0 amide bonds. The molecule has 1 aromatic rings. The van der Waals surface area contributed by atoms with Crippen LogP contribution in [0.3, 0.4) is 0 Å². The smallest absolute Gasteiger partial charge is 0.0911 e. The van der Waals surface area contributed by atoms with Crippen LogP contribution in [0.25, 0.3) is 0 Å². The fourth-order valence-electron chi connectivity index (χ4n) is 2.29. The first kappa shape index (κ1) is 11.6. The third kappa shape index (κ3) is 3.06. The van der Waals surface area contributed by atoms with Gasteiger partial charge in [0.1, 0.15) is 0 Å². The molecule has 2 rings (SSSR count). The summed E-state index contributed by atoms with van der Waals surface area (Å²) in [5, 5.41) is 11.7. The number of thiophene rings is 1. The van der Waals surface area contributed by atoms with Gasteiger partial charge in [-0.25, -0.2) is 0 Å². The Labute approximate surface area is 101 Å². The molecule has 3 nitrogen and oxygen atoms in total. The van der Waals surface area contributed by atoms with Gasteiger partial charge in [0, 0.05) is 19.5 Å². The standard InChI is InChI=1S/C12H19N3S/c1-15(7-10-2-5-16-8-10)9-12(3-4-12)6-11(13)14/h2,5,8H,3-4,6-7,9H2,1H3,(H3,13,14). The van der Waals surface area contributed by atoms with E-state index in [1.807, 2.05) is 0 Å². The zero-order chi connectivity index (χ0) is 11.6. The van der Waals surface area contributed by atoms with Gasteiger partial charge in [0.05, 0.1) is 5.84 Å². The first-order chi connectivity index (χ1) is 7.60. The Morgan fingerprint density at radius 1 is 1.62 bits per heavy atom. The molecule has 16 heavy (non-hydrogen) atoms. The van der Waals surface area contributed by atoms with Crippen LogP contribution in [-0.2, 0) is 6.54 Å². The van der Waals surface area contributed by atoms with Crippen molar-refractivity contribution in [2.45, 2.75) is 25.8 Å². The van der Waals surface area contributed by atoms with Gasteiger partial charge in [0.2, 0.25) is 0 Å². The fourth-order valence-corrected chi connectivity index (χ4v) is 2.95. The Kier molecular flexibility index (Phi) is 3.30. The van der Waals surface area contributed by atoms with Gasteiger partial charge in [0.25, 0.3) is 0 Å². The summed E-state index contributed by atoms with van der Waals surface area (Å²) in [6, 6.07) is 2.17. The molecular weight excluding hydrogens is 218 g/mol. The highest BCUT2D eigenvalue weighted by Crippen LogP contribution is 2.49. The average molecular weight is 237 g/mol. The van der Waals surface area contributed by atoms with Gasteiger partial charge in [-0.1, -0.05) is 0 Å². The topological polar surface area (TPSA) is 53.1 Å². The molecule has 1 aliphatic rings. The number of rotatable bonds is 6. The Morgan fingerprint density at radius 2 is 2.38 bits per heavy atom. The number of hydrogen-bond acceptors (Lipinski definition) is 3. The molecule has 1 saturated carbocycles. The molecule has 4 heteroatoms. The van der Waals surface area contributed by atoms with Crippen molar-refractivity contribution in [2.24, 2.45) is 11.1 Å². The van der Waals surface area contributed by atoms with E-state index < -0.39 is 0 Å². The highest BCUT2D eigenvalue weighted by Gasteiger charge is 2.43. The monoisotopic (exact) mass is 237 g/mol. The number of amidine groups is 1. The summed E-state index contributed by atoms with van der Waals surface area (Å²) in [4.78, 5) is 2.35. The average Bonchev–Trinajstić information content (AvgIpc) is 2.74. The molecule has 1 aromatic heterocycles. The molecule has 0 atom stereocenters. The maximum atomic E-state index is 7.39. The largest absolute Gasteiger partial charge is 0.388 e. The second-order valence-corrected chi connectivity index (χ2v) is 5.79. The van der Waals surface area contributed by atoms with Gasteiger partial charge < -0.3 is 10.6 Å². The number of nitrogens with zero attached hydrogens (tertiary/aromatic N) is 1. The van der Waals surface area contributed by atoms with Gasteiger partial charge in [-0.15, -0.1) is 0 Å². The SMILES string of the molecule is CN(Cc1ccsc1)CC1(CC(=N)N)CC1. The quantitative estimate of drug-likeness (QED) is 0.589. The first-order valence-electron chi connectivity index (χ1n) is 5.62. The van der Waals surface area contributed by atoms with Crippen LogP contribution in [0.1, 0.15) is 24.8 Å². The van der Waals surface area contributed by atoms with E-state index in [-0.39, 0.29) is 0 Å². The van der Waals surface area contributed by atoms with Crippen LogP contribution in [0.5, 0.6) is 0 Å². The van der Waals surface area contributed by atoms with Crippen molar-refractivity contribution in [3.8, 4) is 0 Å². The van der Waals surface area contributed by atoms with Crippen molar-refractivity contribution in [3.63, 3.8) is 0 Å². The summed E-state index contributed by atoms with van der Waals surface area (Å²) in [6.45, 7) is 2.06. The van der Waals surface area contributed by atoms with Crippen molar-refractivity contribution in [1.29, 1.82) is 5.41 Å². The molecule has 1 heterocycles. The van der Waals surface area contributed by atoms with Crippen LogP contribution < -0.4 is 5.73 Å². The van der Waals surface area contributed by atoms with Crippen LogP contribution in [0.15, 0.2) is 16.8 Å². The van der Waals surface area contributed by atoms with E-state index in [1.54, 1.807) is 11.3 Å². The zero-order valence-corrected chi connectivity index (χ0v) is 10.5. The third-order valence-corrected chi connectivity index (χ3v) is 3.89. The molecule has 0 aromatic carbocycles. The number of hydrogen-bond donors (Lipinski definition) is 2. The lowest BCUT2D eigenvalue weighted by Crippen LogP contribution is -2.29. The second-order valence-electron chi connectivity index (χ2n) is 5.01. The van der Waals surface area contributed by atoms with Crippen LogP contribution >= 0.6 is 11.3 Å². The minimum absolute atomic E-state index is 0.316. The summed E-state index contributed by atoms with van der Waals surface area (Å²) in [5.41, 5.74) is 7.19. The molecule has 1 fully saturated rings. The second kappa shape index (κ2) is 4.55. The molecular formula is C12H19N3S. The maximum absolute atomic E-state index is 7.39. The van der Waals surface area contributed by atoms with E-state index in [4.69, 9.17) is 11.1 Å². The van der Waals surface area contributed by atoms with Gasteiger partial charge in [-0.2, -0.15) is 11.3 Å². The lowest BCUT2D eigenvalue weighted by molar-refractivity contribution is 0.259. The Hall–Kier alpha value is -0.870.